The fourth-order valence-electron chi connectivity index (χ4n) is 2.86. The summed E-state index contributed by atoms with van der Waals surface area (Å²) in [7, 11) is 2.17. The molecule has 5 nitrogen and oxygen atoms in total. The number of rotatable bonds is 4. The third kappa shape index (κ3) is 3.07. The van der Waals surface area contributed by atoms with Crippen LogP contribution in [0.15, 0.2) is 24.3 Å². The van der Waals surface area contributed by atoms with E-state index in [9.17, 15) is 0 Å². The van der Waals surface area contributed by atoms with Gasteiger partial charge >= 0.3 is 0 Å². The zero-order chi connectivity index (χ0) is 14.7. The number of piperazine rings is 1. The minimum Gasteiger partial charge on any atom is -0.326 e. The van der Waals surface area contributed by atoms with Gasteiger partial charge in [0.05, 0.1) is 30.1 Å². The predicted molar refractivity (Wildman–Crippen MR) is 82.7 cm³/mol. The lowest BCUT2D eigenvalue weighted by Crippen LogP contribution is -2.44. The molecule has 2 heterocycles. The lowest BCUT2D eigenvalue weighted by atomic mass is 10.3. The molecule has 21 heavy (non-hydrogen) atoms. The molecule has 3 rings (SSSR count). The van der Waals surface area contributed by atoms with Crippen molar-refractivity contribution in [2.75, 3.05) is 33.2 Å². The van der Waals surface area contributed by atoms with Gasteiger partial charge in [-0.1, -0.05) is 12.1 Å². The summed E-state index contributed by atoms with van der Waals surface area (Å²) in [6, 6.07) is 10.4. The van der Waals surface area contributed by atoms with Crippen molar-refractivity contribution in [3.05, 3.63) is 30.1 Å². The van der Waals surface area contributed by atoms with E-state index < -0.39 is 0 Å². The van der Waals surface area contributed by atoms with Crippen molar-refractivity contribution in [3.63, 3.8) is 0 Å². The molecule has 0 atom stereocenters. The second kappa shape index (κ2) is 6.25. The Morgan fingerprint density at radius 2 is 1.95 bits per heavy atom. The average Bonchev–Trinajstić information content (AvgIpc) is 2.85. The summed E-state index contributed by atoms with van der Waals surface area (Å²) < 4.78 is 2.21. The number of fused-ring (bicyclic) bond motifs is 1. The van der Waals surface area contributed by atoms with Crippen LogP contribution in [0.25, 0.3) is 11.0 Å². The van der Waals surface area contributed by atoms with Crippen LogP contribution in [0.1, 0.15) is 12.2 Å². The number of hydrogen-bond acceptors (Lipinski definition) is 4. The molecule has 1 fully saturated rings. The molecule has 110 valence electrons. The van der Waals surface area contributed by atoms with Crippen LogP contribution >= 0.6 is 0 Å². The van der Waals surface area contributed by atoms with Gasteiger partial charge < -0.3 is 9.47 Å². The van der Waals surface area contributed by atoms with Crippen molar-refractivity contribution in [2.24, 2.45) is 0 Å². The zero-order valence-corrected chi connectivity index (χ0v) is 12.5. The van der Waals surface area contributed by atoms with Gasteiger partial charge in [0, 0.05) is 32.7 Å². The van der Waals surface area contributed by atoms with Crippen LogP contribution in [0.3, 0.4) is 0 Å². The molecule has 1 aliphatic heterocycles. The quantitative estimate of drug-likeness (QED) is 0.857. The van der Waals surface area contributed by atoms with Gasteiger partial charge in [-0.3, -0.25) is 4.90 Å². The molecule has 2 aromatic rings. The maximum absolute atomic E-state index is 8.88. The van der Waals surface area contributed by atoms with E-state index in [-0.39, 0.29) is 0 Å². The Labute approximate surface area is 125 Å². The molecule has 0 bridgehead atoms. The van der Waals surface area contributed by atoms with Crippen LogP contribution in [0.4, 0.5) is 0 Å². The molecule has 0 spiro atoms. The highest BCUT2D eigenvalue weighted by Gasteiger charge is 2.17. The van der Waals surface area contributed by atoms with Gasteiger partial charge in [0.2, 0.25) is 0 Å². The molecule has 1 aliphatic rings. The van der Waals surface area contributed by atoms with E-state index in [1.54, 1.807) is 0 Å². The molecule has 0 saturated carbocycles. The fraction of sp³-hybridized carbons (Fsp3) is 0.500. The normalized spacial score (nSPS) is 17.1. The highest BCUT2D eigenvalue weighted by molar-refractivity contribution is 5.75. The number of likely N-dealkylation sites (N-methyl/N-ethyl adjacent to an activating group) is 1. The van der Waals surface area contributed by atoms with Gasteiger partial charge in [-0.15, -0.1) is 0 Å². The second-order valence-corrected chi connectivity index (χ2v) is 5.66. The molecular weight excluding hydrogens is 262 g/mol. The standard InChI is InChI=1S/C16H21N5/c1-19-9-11-20(12-10-19)13-16-18-14-5-2-3-6-15(14)21(16)8-4-7-17/h2-3,5-6H,4,8-13H2,1H3. The third-order valence-corrected chi connectivity index (χ3v) is 4.14. The highest BCUT2D eigenvalue weighted by Crippen LogP contribution is 2.18. The minimum atomic E-state index is 0.524. The van der Waals surface area contributed by atoms with E-state index in [0.717, 1.165) is 56.1 Å². The molecule has 0 aliphatic carbocycles. The summed E-state index contributed by atoms with van der Waals surface area (Å²) in [5.74, 6) is 1.08. The van der Waals surface area contributed by atoms with E-state index >= 15 is 0 Å². The summed E-state index contributed by atoms with van der Waals surface area (Å²) in [4.78, 5) is 9.58. The lowest BCUT2D eigenvalue weighted by molar-refractivity contribution is 0.144. The van der Waals surface area contributed by atoms with Gasteiger partial charge in [0.15, 0.2) is 0 Å². The summed E-state index contributed by atoms with van der Waals surface area (Å²) in [6.45, 7) is 5.97. The Kier molecular flexibility index (Phi) is 4.18. The molecule has 5 heteroatoms. The maximum atomic E-state index is 8.88. The van der Waals surface area contributed by atoms with Crippen molar-refractivity contribution in [2.45, 2.75) is 19.5 Å². The predicted octanol–water partition coefficient (Wildman–Crippen LogP) is 1.70. The number of aryl methyl sites for hydroxylation is 1. The maximum Gasteiger partial charge on any atom is 0.124 e. The summed E-state index contributed by atoms with van der Waals surface area (Å²) in [5.41, 5.74) is 2.16. The molecule has 1 saturated heterocycles. The van der Waals surface area contributed by atoms with Crippen LogP contribution < -0.4 is 0 Å². The van der Waals surface area contributed by atoms with Gasteiger partial charge in [-0.2, -0.15) is 5.26 Å². The number of hydrogen-bond donors (Lipinski definition) is 0. The lowest BCUT2D eigenvalue weighted by Gasteiger charge is -2.32. The van der Waals surface area contributed by atoms with Crippen molar-refractivity contribution in [3.8, 4) is 6.07 Å². The van der Waals surface area contributed by atoms with Crippen molar-refractivity contribution in [1.29, 1.82) is 5.26 Å². The Balaban J connectivity index is 1.84. The Morgan fingerprint density at radius 3 is 2.71 bits per heavy atom. The molecule has 0 radical (unpaired) electrons. The van der Waals surface area contributed by atoms with E-state index in [1.807, 2.05) is 18.2 Å². The molecule has 0 unspecified atom stereocenters. The zero-order valence-electron chi connectivity index (χ0n) is 12.5. The Bertz CT molecular complexity index is 646. The van der Waals surface area contributed by atoms with E-state index in [1.165, 1.54) is 0 Å². The van der Waals surface area contributed by atoms with Gasteiger partial charge in [0.1, 0.15) is 5.82 Å². The van der Waals surface area contributed by atoms with Crippen molar-refractivity contribution < 1.29 is 0 Å². The number of benzene rings is 1. The number of imidazole rings is 1. The largest absolute Gasteiger partial charge is 0.326 e. The van der Waals surface area contributed by atoms with Crippen molar-refractivity contribution in [1.82, 2.24) is 19.4 Å². The van der Waals surface area contributed by atoms with Gasteiger partial charge in [-0.05, 0) is 19.2 Å². The van der Waals surface area contributed by atoms with Crippen molar-refractivity contribution >= 4 is 11.0 Å². The molecule has 0 N–H and O–H groups in total. The summed E-state index contributed by atoms with van der Waals surface area (Å²) in [5, 5.41) is 8.88. The van der Waals surface area contributed by atoms with E-state index in [0.29, 0.717) is 6.42 Å². The first-order valence-corrected chi connectivity index (χ1v) is 7.50. The highest BCUT2D eigenvalue weighted by atomic mass is 15.3. The van der Waals surface area contributed by atoms with E-state index in [2.05, 4.69) is 33.6 Å². The molecule has 1 aromatic carbocycles. The fourth-order valence-corrected chi connectivity index (χ4v) is 2.86. The molecule has 1 aromatic heterocycles. The van der Waals surface area contributed by atoms with Gasteiger partial charge in [-0.25, -0.2) is 4.98 Å². The first kappa shape index (κ1) is 14.1. The molecular formula is C16H21N5. The van der Waals surface area contributed by atoms with Crippen LogP contribution in [-0.2, 0) is 13.1 Å². The smallest absolute Gasteiger partial charge is 0.124 e. The summed E-state index contributed by atoms with van der Waals surface area (Å²) >= 11 is 0. The Morgan fingerprint density at radius 1 is 1.19 bits per heavy atom. The van der Waals surface area contributed by atoms with Crippen LogP contribution in [0.2, 0.25) is 0 Å². The first-order chi connectivity index (χ1) is 10.3. The number of nitriles is 1. The Hall–Kier alpha value is -1.90. The van der Waals surface area contributed by atoms with Crippen LogP contribution in [0.5, 0.6) is 0 Å². The molecule has 0 amide bonds. The third-order valence-electron chi connectivity index (χ3n) is 4.14. The van der Waals surface area contributed by atoms with Gasteiger partial charge in [0.25, 0.3) is 0 Å². The number of para-hydroxylation sites is 2. The SMILES string of the molecule is CN1CCN(Cc2nc3ccccc3n2CCC#N)CC1. The van der Waals surface area contributed by atoms with Crippen LogP contribution in [-0.4, -0.2) is 52.6 Å². The van der Waals surface area contributed by atoms with E-state index in [4.69, 9.17) is 10.2 Å². The first-order valence-electron chi connectivity index (χ1n) is 7.50. The topological polar surface area (TPSA) is 48.1 Å². The second-order valence-electron chi connectivity index (χ2n) is 5.66. The van der Waals surface area contributed by atoms with Crippen LogP contribution in [0, 0.1) is 11.3 Å². The number of aromatic nitrogens is 2. The minimum absolute atomic E-state index is 0.524. The average molecular weight is 283 g/mol. The summed E-state index contributed by atoms with van der Waals surface area (Å²) in [6.07, 6.45) is 0.524. The number of nitrogens with zero attached hydrogens (tertiary/aromatic N) is 5. The monoisotopic (exact) mass is 283 g/mol.